The molecule has 1 aliphatic heterocycles. The van der Waals surface area contributed by atoms with Crippen LogP contribution in [0.2, 0.25) is 5.02 Å². The molecule has 2 aliphatic rings. The highest BCUT2D eigenvalue weighted by Gasteiger charge is 2.33. The first-order valence-electron chi connectivity index (χ1n) is 9.02. The van der Waals surface area contributed by atoms with Gasteiger partial charge in [0.15, 0.2) is 0 Å². The molecule has 0 unspecified atom stereocenters. The monoisotopic (exact) mass is 350 g/mol. The number of carbonyl (C=O) groups excluding carboxylic acids is 1. The number of halogens is 1. The van der Waals surface area contributed by atoms with Gasteiger partial charge in [0, 0.05) is 30.1 Å². The number of aliphatic hydroxyl groups is 1. The highest BCUT2D eigenvalue weighted by atomic mass is 35.5. The van der Waals surface area contributed by atoms with Gasteiger partial charge in [0.2, 0.25) is 5.91 Å². The largest absolute Gasteiger partial charge is 0.388 e. The van der Waals surface area contributed by atoms with E-state index in [9.17, 15) is 9.90 Å². The van der Waals surface area contributed by atoms with Gasteiger partial charge in [0.25, 0.3) is 0 Å². The molecule has 0 spiro atoms. The van der Waals surface area contributed by atoms with Crippen molar-refractivity contribution in [2.45, 2.75) is 50.7 Å². The van der Waals surface area contributed by atoms with Gasteiger partial charge in [-0.2, -0.15) is 0 Å². The summed E-state index contributed by atoms with van der Waals surface area (Å²) < 4.78 is 0. The number of likely N-dealkylation sites (tertiary alicyclic amines) is 1. The second kappa shape index (κ2) is 7.85. The number of nitrogens with two attached hydrogens (primary N) is 1. The normalized spacial score (nSPS) is 27.0. The van der Waals surface area contributed by atoms with Crippen LogP contribution in [0, 0.1) is 11.8 Å². The first-order chi connectivity index (χ1) is 11.5. The molecule has 4 nitrogen and oxygen atoms in total. The number of hydrogen-bond acceptors (Lipinski definition) is 3. The maximum atomic E-state index is 12.7. The summed E-state index contributed by atoms with van der Waals surface area (Å²) in [6.45, 7) is 1.47. The third kappa shape index (κ3) is 4.11. The molecular formula is C19H27ClN2O2. The summed E-state index contributed by atoms with van der Waals surface area (Å²) in [5, 5.41) is 11.3. The van der Waals surface area contributed by atoms with Crippen LogP contribution >= 0.6 is 11.6 Å². The minimum absolute atomic E-state index is 0.103. The van der Waals surface area contributed by atoms with Crippen LogP contribution in [0.25, 0.3) is 0 Å². The Bertz CT molecular complexity index is 555. The Morgan fingerprint density at radius 2 is 1.83 bits per heavy atom. The molecule has 0 bridgehead atoms. The Kier molecular flexibility index (Phi) is 5.80. The fraction of sp³-hybridized carbons (Fsp3) is 0.632. The molecule has 0 radical (unpaired) electrons. The number of carbonyl (C=O) groups is 1. The summed E-state index contributed by atoms with van der Waals surface area (Å²) in [5.41, 5.74) is 6.92. The molecule has 3 N–H and O–H groups in total. The number of benzene rings is 1. The average molecular weight is 351 g/mol. The lowest BCUT2D eigenvalue weighted by Gasteiger charge is -2.37. The summed E-state index contributed by atoms with van der Waals surface area (Å²) >= 11 is 5.91. The lowest BCUT2D eigenvalue weighted by Crippen LogP contribution is -2.45. The second-order valence-corrected chi connectivity index (χ2v) is 7.72. The Morgan fingerprint density at radius 3 is 2.46 bits per heavy atom. The van der Waals surface area contributed by atoms with Gasteiger partial charge in [-0.1, -0.05) is 30.2 Å². The van der Waals surface area contributed by atoms with Gasteiger partial charge >= 0.3 is 0 Å². The van der Waals surface area contributed by atoms with Gasteiger partial charge in [0.05, 0.1) is 6.10 Å². The van der Waals surface area contributed by atoms with E-state index in [4.69, 9.17) is 17.3 Å². The number of rotatable bonds is 3. The highest BCUT2D eigenvalue weighted by molar-refractivity contribution is 6.30. The minimum atomic E-state index is -0.484. The summed E-state index contributed by atoms with van der Waals surface area (Å²) in [6.07, 6.45) is 5.10. The van der Waals surface area contributed by atoms with Gasteiger partial charge in [0.1, 0.15) is 0 Å². The minimum Gasteiger partial charge on any atom is -0.388 e. The lowest BCUT2D eigenvalue weighted by atomic mass is 9.83. The van der Waals surface area contributed by atoms with Crippen molar-refractivity contribution in [2.75, 3.05) is 13.1 Å². The van der Waals surface area contributed by atoms with Crippen LogP contribution < -0.4 is 5.73 Å². The van der Waals surface area contributed by atoms with Crippen molar-refractivity contribution in [3.63, 3.8) is 0 Å². The summed E-state index contributed by atoms with van der Waals surface area (Å²) in [4.78, 5) is 14.7. The van der Waals surface area contributed by atoms with Crippen molar-refractivity contribution in [3.05, 3.63) is 34.9 Å². The van der Waals surface area contributed by atoms with E-state index in [0.29, 0.717) is 5.02 Å². The Balaban J connectivity index is 1.53. The van der Waals surface area contributed by atoms with E-state index in [1.54, 1.807) is 0 Å². The third-order valence-electron chi connectivity index (χ3n) is 5.57. The maximum Gasteiger partial charge on any atom is 0.225 e. The van der Waals surface area contributed by atoms with E-state index < -0.39 is 6.10 Å². The standard InChI is InChI=1S/C19H27ClN2O2/c20-16-6-4-13(5-7-16)18(23)14-8-10-22(11-9-14)19(24)15-2-1-3-17(21)12-15/h4-7,14-15,17-18,23H,1-3,8-12,21H2/t15-,17-,18+/m1/s1. The average Bonchev–Trinajstić information content (AvgIpc) is 2.61. The van der Waals surface area contributed by atoms with Gasteiger partial charge in [-0.05, 0) is 55.7 Å². The molecule has 5 heteroatoms. The number of piperidine rings is 1. The molecule has 24 heavy (non-hydrogen) atoms. The quantitative estimate of drug-likeness (QED) is 0.880. The number of nitrogens with zero attached hydrogens (tertiary/aromatic N) is 1. The van der Waals surface area contributed by atoms with E-state index in [2.05, 4.69) is 0 Å². The van der Waals surface area contributed by atoms with Crippen molar-refractivity contribution < 1.29 is 9.90 Å². The number of aliphatic hydroxyl groups excluding tert-OH is 1. The number of amides is 1. The zero-order valence-electron chi connectivity index (χ0n) is 14.0. The molecular weight excluding hydrogens is 324 g/mol. The van der Waals surface area contributed by atoms with Gasteiger partial charge < -0.3 is 15.7 Å². The molecule has 1 heterocycles. The molecule has 1 aromatic rings. The molecule has 1 amide bonds. The van der Waals surface area contributed by atoms with E-state index >= 15 is 0 Å². The molecule has 1 saturated heterocycles. The van der Waals surface area contributed by atoms with Crippen LogP contribution in [0.1, 0.15) is 50.2 Å². The topological polar surface area (TPSA) is 66.6 Å². The summed E-state index contributed by atoms with van der Waals surface area (Å²) in [5.74, 6) is 0.569. The predicted molar refractivity (Wildman–Crippen MR) is 95.6 cm³/mol. The zero-order valence-corrected chi connectivity index (χ0v) is 14.8. The molecule has 2 fully saturated rings. The zero-order chi connectivity index (χ0) is 17.1. The first-order valence-corrected chi connectivity index (χ1v) is 9.40. The van der Waals surface area contributed by atoms with E-state index in [1.165, 1.54) is 0 Å². The summed E-state index contributed by atoms with van der Waals surface area (Å²) in [7, 11) is 0. The smallest absolute Gasteiger partial charge is 0.225 e. The molecule has 132 valence electrons. The molecule has 1 saturated carbocycles. The molecule has 3 rings (SSSR count). The predicted octanol–water partition coefficient (Wildman–Crippen LogP) is 3.13. The van der Waals surface area contributed by atoms with Crippen LogP contribution in [0.3, 0.4) is 0 Å². The van der Waals surface area contributed by atoms with Crippen LogP contribution in [-0.4, -0.2) is 35.0 Å². The van der Waals surface area contributed by atoms with Crippen molar-refractivity contribution in [3.8, 4) is 0 Å². The van der Waals surface area contributed by atoms with E-state index in [1.807, 2.05) is 29.2 Å². The SMILES string of the molecule is N[C@@H]1CCC[C@@H](C(=O)N2CCC([C@@H](O)c3ccc(Cl)cc3)CC2)C1. The van der Waals surface area contributed by atoms with E-state index in [-0.39, 0.29) is 23.8 Å². The van der Waals surface area contributed by atoms with Gasteiger partial charge in [-0.25, -0.2) is 0 Å². The number of hydrogen-bond donors (Lipinski definition) is 2. The highest BCUT2D eigenvalue weighted by Crippen LogP contribution is 2.33. The fourth-order valence-electron chi connectivity index (χ4n) is 4.08. The van der Waals surface area contributed by atoms with Crippen LogP contribution in [0.5, 0.6) is 0 Å². The molecule has 3 atom stereocenters. The summed E-state index contributed by atoms with van der Waals surface area (Å²) in [6, 6.07) is 7.56. The van der Waals surface area contributed by atoms with Gasteiger partial charge in [-0.15, -0.1) is 0 Å². The maximum absolute atomic E-state index is 12.7. The van der Waals surface area contributed by atoms with E-state index in [0.717, 1.165) is 57.2 Å². The van der Waals surface area contributed by atoms with Crippen molar-refractivity contribution in [2.24, 2.45) is 17.6 Å². The first kappa shape index (κ1) is 17.7. The molecule has 1 aliphatic carbocycles. The van der Waals surface area contributed by atoms with Gasteiger partial charge in [-0.3, -0.25) is 4.79 Å². The Hall–Kier alpha value is -1.10. The second-order valence-electron chi connectivity index (χ2n) is 7.28. The fourth-order valence-corrected chi connectivity index (χ4v) is 4.20. The van der Waals surface area contributed by atoms with Crippen LogP contribution in [0.4, 0.5) is 0 Å². The van der Waals surface area contributed by atoms with Crippen molar-refractivity contribution >= 4 is 17.5 Å². The molecule has 0 aromatic heterocycles. The van der Waals surface area contributed by atoms with Crippen molar-refractivity contribution in [1.29, 1.82) is 0 Å². The van der Waals surface area contributed by atoms with Crippen molar-refractivity contribution in [1.82, 2.24) is 4.90 Å². The molecule has 1 aromatic carbocycles. The van der Waals surface area contributed by atoms with Crippen LogP contribution in [-0.2, 0) is 4.79 Å². The van der Waals surface area contributed by atoms with Crippen LogP contribution in [0.15, 0.2) is 24.3 Å². The Morgan fingerprint density at radius 1 is 1.17 bits per heavy atom. The third-order valence-corrected chi connectivity index (χ3v) is 5.83. The lowest BCUT2D eigenvalue weighted by molar-refractivity contribution is -0.138. The Labute approximate surface area is 149 Å².